The number of cyclic esters (lactones) is 1. The summed E-state index contributed by atoms with van der Waals surface area (Å²) in [6.45, 7) is 11.9. The lowest BCUT2D eigenvalue weighted by Gasteiger charge is -2.32. The molecule has 1 heterocycles. The van der Waals surface area contributed by atoms with Crippen molar-refractivity contribution in [3.63, 3.8) is 0 Å². The van der Waals surface area contributed by atoms with Crippen LogP contribution in [0.5, 0.6) is 0 Å². The number of carbonyl (C=O) groups is 2. The lowest BCUT2D eigenvalue weighted by Crippen LogP contribution is -2.45. The topological polar surface area (TPSA) is 64.6 Å². The number of esters is 1. The minimum absolute atomic E-state index is 0.173. The molecule has 0 aromatic heterocycles. The van der Waals surface area contributed by atoms with E-state index in [1.54, 1.807) is 0 Å². The molecule has 1 amide bonds. The highest BCUT2D eigenvalue weighted by molar-refractivity contribution is 5.81. The molecule has 0 saturated carbocycles. The van der Waals surface area contributed by atoms with Crippen molar-refractivity contribution >= 4 is 12.1 Å². The Bertz CT molecular complexity index is 710. The number of alkyl carbamates (subject to hydrolysis) is 1. The normalized spacial score (nSPS) is 24.8. The van der Waals surface area contributed by atoms with Gasteiger partial charge in [0.2, 0.25) is 0 Å². The predicted molar refractivity (Wildman–Crippen MR) is 128 cm³/mol. The molecule has 4 atom stereocenters. The highest BCUT2D eigenvalue weighted by Gasteiger charge is 2.34. The van der Waals surface area contributed by atoms with Crippen molar-refractivity contribution < 1.29 is 19.1 Å². The zero-order valence-electron chi connectivity index (χ0n) is 20.9. The van der Waals surface area contributed by atoms with E-state index < -0.39 is 17.7 Å². The fourth-order valence-electron chi connectivity index (χ4n) is 4.73. The Morgan fingerprint density at radius 2 is 1.88 bits per heavy atom. The summed E-state index contributed by atoms with van der Waals surface area (Å²) in [5, 5.41) is 2.74. The molecule has 1 saturated heterocycles. The standard InChI is InChI=1S/C27H43NO4/c1-19(2)18-23-20(3)31-25(29)24(28-26(30)32-27(4,5)6)17-11-16-22(23)15-10-14-21-12-8-7-9-13-21/h7-9,12-13,19-20,22-24H,10-11,14-18H2,1-6H3,(H,28,30). The second-order valence-corrected chi connectivity index (χ2v) is 10.7. The molecular formula is C27H43NO4. The van der Waals surface area contributed by atoms with Crippen molar-refractivity contribution in [3.8, 4) is 0 Å². The van der Waals surface area contributed by atoms with Crippen molar-refractivity contribution in [2.24, 2.45) is 17.8 Å². The van der Waals surface area contributed by atoms with E-state index in [1.165, 1.54) is 5.56 Å². The fourth-order valence-corrected chi connectivity index (χ4v) is 4.73. The molecule has 1 N–H and O–H groups in total. The largest absolute Gasteiger partial charge is 0.461 e. The lowest BCUT2D eigenvalue weighted by molar-refractivity contribution is -0.154. The third-order valence-corrected chi connectivity index (χ3v) is 6.18. The Balaban J connectivity index is 2.05. The number of rotatable bonds is 7. The summed E-state index contributed by atoms with van der Waals surface area (Å²) in [5.41, 5.74) is 0.767. The molecule has 0 bridgehead atoms. The van der Waals surface area contributed by atoms with Crippen LogP contribution in [-0.2, 0) is 20.7 Å². The molecule has 32 heavy (non-hydrogen) atoms. The second-order valence-electron chi connectivity index (χ2n) is 10.7. The first-order valence-electron chi connectivity index (χ1n) is 12.3. The van der Waals surface area contributed by atoms with Gasteiger partial charge < -0.3 is 14.8 Å². The summed E-state index contributed by atoms with van der Waals surface area (Å²) in [5.74, 6) is 1.02. The quantitative estimate of drug-likeness (QED) is 0.500. The maximum atomic E-state index is 12.9. The van der Waals surface area contributed by atoms with Crippen LogP contribution in [-0.4, -0.2) is 29.8 Å². The molecule has 5 nitrogen and oxygen atoms in total. The number of amides is 1. The van der Waals surface area contributed by atoms with Crippen molar-refractivity contribution in [3.05, 3.63) is 35.9 Å². The zero-order chi connectivity index (χ0) is 23.7. The van der Waals surface area contributed by atoms with Gasteiger partial charge in [0.05, 0.1) is 0 Å². The van der Waals surface area contributed by atoms with Gasteiger partial charge in [-0.15, -0.1) is 0 Å². The van der Waals surface area contributed by atoms with Gasteiger partial charge in [-0.05, 0) is 89.5 Å². The molecular weight excluding hydrogens is 402 g/mol. The Kier molecular flexibility index (Phi) is 10.0. The van der Waals surface area contributed by atoms with E-state index in [0.29, 0.717) is 24.2 Å². The predicted octanol–water partition coefficient (Wildman–Crippen LogP) is 6.30. The molecule has 180 valence electrons. The molecule has 5 heteroatoms. The summed E-state index contributed by atoms with van der Waals surface area (Å²) >= 11 is 0. The van der Waals surface area contributed by atoms with Crippen LogP contribution in [0, 0.1) is 17.8 Å². The highest BCUT2D eigenvalue weighted by atomic mass is 16.6. The molecule has 0 radical (unpaired) electrons. The number of hydrogen-bond acceptors (Lipinski definition) is 4. The van der Waals surface area contributed by atoms with Crippen LogP contribution in [0.4, 0.5) is 4.79 Å². The third-order valence-electron chi connectivity index (χ3n) is 6.18. The van der Waals surface area contributed by atoms with Gasteiger partial charge in [-0.2, -0.15) is 0 Å². The maximum absolute atomic E-state index is 12.9. The van der Waals surface area contributed by atoms with Crippen LogP contribution in [0.2, 0.25) is 0 Å². The number of benzene rings is 1. The molecule has 1 aliphatic rings. The molecule has 1 fully saturated rings. The Labute approximate surface area is 194 Å². The van der Waals surface area contributed by atoms with Crippen LogP contribution in [0.25, 0.3) is 0 Å². The highest BCUT2D eigenvalue weighted by Crippen LogP contribution is 2.35. The lowest BCUT2D eigenvalue weighted by atomic mass is 9.77. The van der Waals surface area contributed by atoms with Gasteiger partial charge in [-0.25, -0.2) is 9.59 Å². The summed E-state index contributed by atoms with van der Waals surface area (Å²) in [4.78, 5) is 25.1. The van der Waals surface area contributed by atoms with Gasteiger partial charge >= 0.3 is 12.1 Å². The Hall–Kier alpha value is -2.04. The number of carbonyl (C=O) groups excluding carboxylic acids is 2. The zero-order valence-corrected chi connectivity index (χ0v) is 20.9. The Morgan fingerprint density at radius 1 is 1.19 bits per heavy atom. The van der Waals surface area contributed by atoms with E-state index in [2.05, 4.69) is 49.5 Å². The minimum Gasteiger partial charge on any atom is -0.461 e. The first kappa shape index (κ1) is 26.2. The van der Waals surface area contributed by atoms with E-state index in [9.17, 15) is 9.59 Å². The molecule has 0 aliphatic carbocycles. The van der Waals surface area contributed by atoms with Crippen LogP contribution in [0.3, 0.4) is 0 Å². The molecule has 1 aromatic carbocycles. The van der Waals surface area contributed by atoms with Crippen LogP contribution >= 0.6 is 0 Å². The minimum atomic E-state index is -0.657. The number of ether oxygens (including phenoxy) is 2. The monoisotopic (exact) mass is 445 g/mol. The van der Waals surface area contributed by atoms with Crippen LogP contribution in [0.15, 0.2) is 30.3 Å². The van der Waals surface area contributed by atoms with E-state index in [1.807, 2.05) is 27.7 Å². The summed E-state index contributed by atoms with van der Waals surface area (Å²) < 4.78 is 11.3. The van der Waals surface area contributed by atoms with Gasteiger partial charge in [-0.3, -0.25) is 0 Å². The summed E-state index contributed by atoms with van der Waals surface area (Å²) in [7, 11) is 0. The van der Waals surface area contributed by atoms with Crippen molar-refractivity contribution in [1.82, 2.24) is 5.32 Å². The maximum Gasteiger partial charge on any atom is 0.408 e. The average Bonchev–Trinajstić information content (AvgIpc) is 2.73. The second kappa shape index (κ2) is 12.3. The van der Waals surface area contributed by atoms with E-state index >= 15 is 0 Å². The third kappa shape index (κ3) is 9.22. The van der Waals surface area contributed by atoms with Crippen molar-refractivity contribution in [1.29, 1.82) is 0 Å². The number of hydrogen-bond donors (Lipinski definition) is 1. The number of nitrogens with one attached hydrogen (secondary N) is 1. The Morgan fingerprint density at radius 3 is 2.50 bits per heavy atom. The van der Waals surface area contributed by atoms with Gasteiger partial charge in [-0.1, -0.05) is 50.6 Å². The van der Waals surface area contributed by atoms with Gasteiger partial charge in [0.1, 0.15) is 17.7 Å². The van der Waals surface area contributed by atoms with Crippen LogP contribution < -0.4 is 5.32 Å². The smallest absolute Gasteiger partial charge is 0.408 e. The molecule has 1 aliphatic heterocycles. The molecule has 1 aromatic rings. The summed E-state index contributed by atoms with van der Waals surface area (Å²) in [6, 6.07) is 9.96. The number of aryl methyl sites for hydroxylation is 1. The van der Waals surface area contributed by atoms with Gasteiger partial charge in [0.25, 0.3) is 0 Å². The first-order valence-corrected chi connectivity index (χ1v) is 12.3. The molecule has 4 unspecified atom stereocenters. The van der Waals surface area contributed by atoms with E-state index in [0.717, 1.165) is 38.5 Å². The van der Waals surface area contributed by atoms with Crippen molar-refractivity contribution in [2.75, 3.05) is 0 Å². The molecule has 0 spiro atoms. The fraction of sp³-hybridized carbons (Fsp3) is 0.704. The SMILES string of the molecule is CC(C)CC1C(CCCc2ccccc2)CCCC(NC(=O)OC(C)(C)C)C(=O)OC1C. The van der Waals surface area contributed by atoms with E-state index in [4.69, 9.17) is 9.47 Å². The molecule has 2 rings (SSSR count). The van der Waals surface area contributed by atoms with Gasteiger partial charge in [0, 0.05) is 0 Å². The first-order chi connectivity index (χ1) is 15.0. The van der Waals surface area contributed by atoms with Crippen molar-refractivity contribution in [2.45, 2.75) is 104 Å². The summed E-state index contributed by atoms with van der Waals surface area (Å²) in [6.07, 6.45) is 6.12. The van der Waals surface area contributed by atoms with Crippen LogP contribution in [0.1, 0.15) is 85.6 Å². The van der Waals surface area contributed by atoms with Gasteiger partial charge in [0.15, 0.2) is 0 Å². The average molecular weight is 446 g/mol. The van der Waals surface area contributed by atoms with E-state index in [-0.39, 0.29) is 12.1 Å².